The van der Waals surface area contributed by atoms with Gasteiger partial charge in [0.25, 0.3) is 0 Å². The summed E-state index contributed by atoms with van der Waals surface area (Å²) in [4.78, 5) is 0. The fraction of sp³-hybridized carbons (Fsp3) is 0.889. The van der Waals surface area contributed by atoms with E-state index in [0.29, 0.717) is 13.0 Å². The lowest BCUT2D eigenvalue weighted by Crippen LogP contribution is -2.44. The molecule has 0 spiro atoms. The van der Waals surface area contributed by atoms with Crippen LogP contribution in [0, 0.1) is 5.92 Å². The van der Waals surface area contributed by atoms with E-state index in [9.17, 15) is 0 Å². The van der Waals surface area contributed by atoms with E-state index in [1.54, 1.807) is 0 Å². The van der Waals surface area contributed by atoms with Crippen LogP contribution in [0.5, 0.6) is 0 Å². The van der Waals surface area contributed by atoms with Gasteiger partial charge < -0.3 is 21.4 Å². The molecule has 14 heavy (non-hydrogen) atoms. The maximum absolute atomic E-state index is 8.79. The SMILES string of the molecule is CC(CNC(C)(C)CCO)C(N)=NO. The van der Waals surface area contributed by atoms with Gasteiger partial charge in [0.15, 0.2) is 0 Å². The summed E-state index contributed by atoms with van der Waals surface area (Å²) in [5, 5.41) is 23.4. The molecule has 84 valence electrons. The van der Waals surface area contributed by atoms with Crippen LogP contribution >= 0.6 is 0 Å². The molecule has 0 aromatic rings. The van der Waals surface area contributed by atoms with Gasteiger partial charge >= 0.3 is 0 Å². The van der Waals surface area contributed by atoms with Crippen molar-refractivity contribution in [3.05, 3.63) is 0 Å². The molecule has 0 rings (SSSR count). The third-order valence-corrected chi connectivity index (χ3v) is 2.24. The van der Waals surface area contributed by atoms with Crippen LogP contribution in [-0.2, 0) is 0 Å². The van der Waals surface area contributed by atoms with E-state index in [-0.39, 0.29) is 23.9 Å². The Morgan fingerprint density at radius 1 is 1.57 bits per heavy atom. The number of oxime groups is 1. The van der Waals surface area contributed by atoms with Crippen molar-refractivity contribution in [3.8, 4) is 0 Å². The second-order valence-electron chi connectivity index (χ2n) is 4.16. The van der Waals surface area contributed by atoms with Gasteiger partial charge in [-0.15, -0.1) is 0 Å². The van der Waals surface area contributed by atoms with Gasteiger partial charge in [-0.2, -0.15) is 0 Å². The van der Waals surface area contributed by atoms with Crippen molar-refractivity contribution in [3.63, 3.8) is 0 Å². The minimum Gasteiger partial charge on any atom is -0.409 e. The molecule has 0 saturated heterocycles. The molecule has 0 fully saturated rings. The molecule has 1 atom stereocenters. The number of hydrogen-bond donors (Lipinski definition) is 4. The van der Waals surface area contributed by atoms with Crippen LogP contribution in [0.15, 0.2) is 5.16 Å². The summed E-state index contributed by atoms with van der Waals surface area (Å²) in [6.45, 7) is 6.66. The van der Waals surface area contributed by atoms with E-state index in [4.69, 9.17) is 16.0 Å². The Bertz CT molecular complexity index is 192. The van der Waals surface area contributed by atoms with E-state index < -0.39 is 0 Å². The van der Waals surface area contributed by atoms with Crippen LogP contribution < -0.4 is 11.1 Å². The van der Waals surface area contributed by atoms with Gasteiger partial charge in [-0.3, -0.25) is 0 Å². The van der Waals surface area contributed by atoms with E-state index >= 15 is 0 Å². The maximum atomic E-state index is 8.79. The molecule has 0 aliphatic rings. The highest BCUT2D eigenvalue weighted by Gasteiger charge is 2.18. The summed E-state index contributed by atoms with van der Waals surface area (Å²) in [5.41, 5.74) is 5.30. The van der Waals surface area contributed by atoms with Crippen LogP contribution in [0.4, 0.5) is 0 Å². The van der Waals surface area contributed by atoms with Gasteiger partial charge in [-0.05, 0) is 20.3 Å². The van der Waals surface area contributed by atoms with Crippen molar-refractivity contribution >= 4 is 5.84 Å². The monoisotopic (exact) mass is 203 g/mol. The lowest BCUT2D eigenvalue weighted by molar-refractivity contribution is 0.229. The molecular formula is C9H21N3O2. The number of nitrogens with one attached hydrogen (secondary N) is 1. The van der Waals surface area contributed by atoms with Gasteiger partial charge in [0, 0.05) is 24.6 Å². The van der Waals surface area contributed by atoms with Crippen LogP contribution in [0.3, 0.4) is 0 Å². The summed E-state index contributed by atoms with van der Waals surface area (Å²) in [7, 11) is 0. The van der Waals surface area contributed by atoms with Crippen molar-refractivity contribution in [2.45, 2.75) is 32.7 Å². The topological polar surface area (TPSA) is 90.9 Å². The molecule has 5 heteroatoms. The third kappa shape index (κ3) is 5.04. The van der Waals surface area contributed by atoms with Crippen LogP contribution in [0.2, 0.25) is 0 Å². The largest absolute Gasteiger partial charge is 0.409 e. The Labute approximate surface area is 85.0 Å². The number of rotatable bonds is 6. The predicted octanol–water partition coefficient (Wildman–Crippen LogP) is 0.120. The minimum absolute atomic E-state index is 0.0158. The molecule has 0 aromatic heterocycles. The van der Waals surface area contributed by atoms with E-state index in [1.807, 2.05) is 20.8 Å². The van der Waals surface area contributed by atoms with Crippen molar-refractivity contribution in [1.29, 1.82) is 0 Å². The zero-order chi connectivity index (χ0) is 11.2. The standard InChI is InChI=1S/C9H21N3O2/c1-7(8(10)12-14)6-11-9(2,3)4-5-13/h7,11,13-14H,4-6H2,1-3H3,(H2,10,12). The molecule has 0 bridgehead atoms. The van der Waals surface area contributed by atoms with Gasteiger partial charge in [-0.25, -0.2) is 0 Å². The zero-order valence-electron chi connectivity index (χ0n) is 9.12. The fourth-order valence-corrected chi connectivity index (χ4v) is 1.00. The van der Waals surface area contributed by atoms with Crippen LogP contribution in [0.1, 0.15) is 27.2 Å². The summed E-state index contributed by atoms with van der Waals surface area (Å²) < 4.78 is 0. The van der Waals surface area contributed by atoms with E-state index in [2.05, 4.69) is 10.5 Å². The second kappa shape index (κ2) is 5.82. The Balaban J connectivity index is 3.93. The van der Waals surface area contributed by atoms with E-state index in [0.717, 1.165) is 0 Å². The highest BCUT2D eigenvalue weighted by molar-refractivity contribution is 5.82. The number of hydrogen-bond acceptors (Lipinski definition) is 4. The molecule has 0 heterocycles. The van der Waals surface area contributed by atoms with Crippen molar-refractivity contribution in [2.75, 3.05) is 13.2 Å². The van der Waals surface area contributed by atoms with Crippen molar-refractivity contribution in [1.82, 2.24) is 5.32 Å². The quantitative estimate of drug-likeness (QED) is 0.213. The number of nitrogens with zero attached hydrogens (tertiary/aromatic N) is 1. The first-order valence-corrected chi connectivity index (χ1v) is 4.76. The molecule has 5 nitrogen and oxygen atoms in total. The second-order valence-corrected chi connectivity index (χ2v) is 4.16. The van der Waals surface area contributed by atoms with Crippen molar-refractivity contribution < 1.29 is 10.3 Å². The third-order valence-electron chi connectivity index (χ3n) is 2.24. The molecule has 0 saturated carbocycles. The average Bonchev–Trinajstić information content (AvgIpc) is 2.13. The summed E-state index contributed by atoms with van der Waals surface area (Å²) >= 11 is 0. The molecule has 0 aliphatic heterocycles. The first-order valence-electron chi connectivity index (χ1n) is 4.76. The molecule has 0 radical (unpaired) electrons. The van der Waals surface area contributed by atoms with E-state index in [1.165, 1.54) is 0 Å². The van der Waals surface area contributed by atoms with Crippen LogP contribution in [-0.4, -0.2) is 34.8 Å². The lowest BCUT2D eigenvalue weighted by Gasteiger charge is -2.27. The summed E-state index contributed by atoms with van der Waals surface area (Å²) in [6.07, 6.45) is 0.676. The first-order chi connectivity index (χ1) is 6.43. The zero-order valence-corrected chi connectivity index (χ0v) is 9.12. The Morgan fingerprint density at radius 3 is 2.57 bits per heavy atom. The molecule has 1 unspecified atom stereocenters. The number of aliphatic hydroxyl groups is 1. The fourth-order valence-electron chi connectivity index (χ4n) is 1.00. The number of amidine groups is 1. The molecule has 0 aliphatic carbocycles. The maximum Gasteiger partial charge on any atom is 0.143 e. The minimum atomic E-state index is -0.126. The van der Waals surface area contributed by atoms with Gasteiger partial charge in [-0.1, -0.05) is 12.1 Å². The number of nitrogens with two attached hydrogens (primary N) is 1. The Kier molecular flexibility index (Phi) is 5.49. The molecule has 5 N–H and O–H groups in total. The average molecular weight is 203 g/mol. The van der Waals surface area contributed by atoms with Gasteiger partial charge in [0.1, 0.15) is 5.84 Å². The Hall–Kier alpha value is -0.810. The highest BCUT2D eigenvalue weighted by Crippen LogP contribution is 2.07. The normalized spacial score (nSPS) is 15.6. The Morgan fingerprint density at radius 2 is 2.14 bits per heavy atom. The summed E-state index contributed by atoms with van der Waals surface area (Å²) in [5.74, 6) is 0.204. The van der Waals surface area contributed by atoms with Gasteiger partial charge in [0.05, 0.1) is 0 Å². The highest BCUT2D eigenvalue weighted by atomic mass is 16.4. The number of aliphatic hydroxyl groups excluding tert-OH is 1. The molecule has 0 amide bonds. The molecular weight excluding hydrogens is 182 g/mol. The molecule has 0 aromatic carbocycles. The van der Waals surface area contributed by atoms with Crippen molar-refractivity contribution in [2.24, 2.45) is 16.8 Å². The summed E-state index contributed by atoms with van der Waals surface area (Å²) in [6, 6.07) is 0. The first kappa shape index (κ1) is 13.2. The van der Waals surface area contributed by atoms with Crippen LogP contribution in [0.25, 0.3) is 0 Å². The smallest absolute Gasteiger partial charge is 0.143 e. The lowest BCUT2D eigenvalue weighted by atomic mass is 10.00. The van der Waals surface area contributed by atoms with Gasteiger partial charge in [0.2, 0.25) is 0 Å². The predicted molar refractivity (Wildman–Crippen MR) is 56.4 cm³/mol.